The van der Waals surface area contributed by atoms with Crippen LogP contribution in [0.3, 0.4) is 0 Å². The average molecular weight is 371 g/mol. The zero-order chi connectivity index (χ0) is 19.4. The zero-order valence-corrected chi connectivity index (χ0v) is 15.3. The number of halogens is 1. The molecule has 7 heteroatoms. The van der Waals surface area contributed by atoms with Gasteiger partial charge in [0.05, 0.1) is 18.8 Å². The van der Waals surface area contributed by atoms with Crippen molar-refractivity contribution in [2.24, 2.45) is 0 Å². The van der Waals surface area contributed by atoms with Gasteiger partial charge in [-0.2, -0.15) is 0 Å². The van der Waals surface area contributed by atoms with Crippen molar-refractivity contribution < 1.29 is 18.7 Å². The van der Waals surface area contributed by atoms with Gasteiger partial charge in [0.2, 0.25) is 5.91 Å². The van der Waals surface area contributed by atoms with Crippen molar-refractivity contribution in [2.45, 2.75) is 12.6 Å². The molecule has 0 bridgehead atoms. The highest BCUT2D eigenvalue weighted by Gasteiger charge is 2.31. The standard InChI is InChI=1S/C20H22FN3O3/c1-22-20(26)18-12-24(16-5-3-4-6-17(16)27-18)13-19(25)23(2)11-14-7-9-15(21)10-8-14/h3-10,18H,11-13H2,1-2H3,(H,22,26)/t18-/m0/s1. The summed E-state index contributed by atoms with van der Waals surface area (Å²) in [5.74, 6) is -0.0717. The number of nitrogens with zero attached hydrogens (tertiary/aromatic N) is 2. The molecule has 1 aliphatic heterocycles. The molecule has 0 fully saturated rings. The maximum atomic E-state index is 13.0. The normalized spacial score (nSPS) is 15.5. The molecule has 1 heterocycles. The second-order valence-electron chi connectivity index (χ2n) is 6.45. The molecule has 2 aromatic rings. The van der Waals surface area contributed by atoms with Gasteiger partial charge in [-0.3, -0.25) is 9.59 Å². The summed E-state index contributed by atoms with van der Waals surface area (Å²) in [7, 11) is 3.26. The third-order valence-electron chi connectivity index (χ3n) is 4.49. The van der Waals surface area contributed by atoms with Crippen LogP contribution in [0.5, 0.6) is 5.75 Å². The lowest BCUT2D eigenvalue weighted by atomic mass is 10.1. The Labute approximate surface area is 157 Å². The molecule has 0 unspecified atom stereocenters. The monoisotopic (exact) mass is 371 g/mol. The number of carbonyl (C=O) groups excluding carboxylic acids is 2. The fourth-order valence-electron chi connectivity index (χ4n) is 2.99. The number of rotatable bonds is 5. The molecule has 0 spiro atoms. The predicted octanol–water partition coefficient (Wildman–Crippen LogP) is 1.80. The molecule has 1 atom stereocenters. The largest absolute Gasteiger partial charge is 0.477 e. The van der Waals surface area contributed by atoms with Gasteiger partial charge in [-0.05, 0) is 29.8 Å². The van der Waals surface area contributed by atoms with E-state index in [1.165, 1.54) is 12.1 Å². The molecule has 0 aliphatic carbocycles. The first-order chi connectivity index (χ1) is 13.0. The van der Waals surface area contributed by atoms with E-state index in [-0.39, 0.29) is 30.7 Å². The molecular weight excluding hydrogens is 349 g/mol. The van der Waals surface area contributed by atoms with Crippen LogP contribution in [0.4, 0.5) is 10.1 Å². The zero-order valence-electron chi connectivity index (χ0n) is 15.3. The average Bonchev–Trinajstić information content (AvgIpc) is 2.68. The van der Waals surface area contributed by atoms with Crippen LogP contribution in [0.15, 0.2) is 48.5 Å². The molecule has 1 N–H and O–H groups in total. The Balaban J connectivity index is 1.71. The van der Waals surface area contributed by atoms with Gasteiger partial charge in [-0.1, -0.05) is 24.3 Å². The first-order valence-electron chi connectivity index (χ1n) is 8.68. The highest BCUT2D eigenvalue weighted by molar-refractivity contribution is 5.86. The van der Waals surface area contributed by atoms with E-state index >= 15 is 0 Å². The Kier molecular flexibility index (Phi) is 5.59. The van der Waals surface area contributed by atoms with Gasteiger partial charge >= 0.3 is 0 Å². The summed E-state index contributed by atoms with van der Waals surface area (Å²) in [4.78, 5) is 28.2. The second-order valence-corrected chi connectivity index (χ2v) is 6.45. The van der Waals surface area contributed by atoms with E-state index in [0.717, 1.165) is 11.3 Å². The highest BCUT2D eigenvalue weighted by Crippen LogP contribution is 2.33. The highest BCUT2D eigenvalue weighted by atomic mass is 19.1. The SMILES string of the molecule is CNC(=O)[C@@H]1CN(CC(=O)N(C)Cc2ccc(F)cc2)c2ccccc2O1. The van der Waals surface area contributed by atoms with Crippen molar-refractivity contribution in [3.8, 4) is 5.75 Å². The minimum Gasteiger partial charge on any atom is -0.477 e. The van der Waals surface area contributed by atoms with E-state index in [2.05, 4.69) is 5.32 Å². The molecule has 27 heavy (non-hydrogen) atoms. The Hall–Kier alpha value is -3.09. The van der Waals surface area contributed by atoms with E-state index in [1.54, 1.807) is 37.2 Å². The number of amides is 2. The Morgan fingerprint density at radius 3 is 2.63 bits per heavy atom. The number of benzene rings is 2. The van der Waals surface area contributed by atoms with Crippen LogP contribution in [-0.4, -0.2) is 50.0 Å². The van der Waals surface area contributed by atoms with Gasteiger partial charge in [0, 0.05) is 20.6 Å². The summed E-state index contributed by atoms with van der Waals surface area (Å²) in [6, 6.07) is 13.4. The number of anilines is 1. The van der Waals surface area contributed by atoms with Crippen LogP contribution >= 0.6 is 0 Å². The number of hydrogen-bond acceptors (Lipinski definition) is 4. The van der Waals surface area contributed by atoms with Crippen molar-refractivity contribution in [3.05, 3.63) is 59.9 Å². The molecule has 142 valence electrons. The summed E-state index contributed by atoms with van der Waals surface area (Å²) < 4.78 is 18.8. The topological polar surface area (TPSA) is 61.9 Å². The summed E-state index contributed by atoms with van der Waals surface area (Å²) in [6.45, 7) is 0.780. The van der Waals surface area contributed by atoms with Gasteiger partial charge in [0.1, 0.15) is 11.6 Å². The third-order valence-corrected chi connectivity index (χ3v) is 4.49. The lowest BCUT2D eigenvalue weighted by Gasteiger charge is -2.35. The van der Waals surface area contributed by atoms with E-state index < -0.39 is 6.10 Å². The number of likely N-dealkylation sites (N-methyl/N-ethyl adjacent to an activating group) is 2. The van der Waals surface area contributed by atoms with E-state index in [0.29, 0.717) is 12.3 Å². The summed E-state index contributed by atoms with van der Waals surface area (Å²) in [5, 5.41) is 2.58. The number of carbonyl (C=O) groups is 2. The molecule has 6 nitrogen and oxygen atoms in total. The molecule has 1 aliphatic rings. The van der Waals surface area contributed by atoms with Crippen molar-refractivity contribution in [1.82, 2.24) is 10.2 Å². The first kappa shape index (κ1) is 18.7. The van der Waals surface area contributed by atoms with Gasteiger partial charge in [0.25, 0.3) is 5.91 Å². The predicted molar refractivity (Wildman–Crippen MR) is 100 cm³/mol. The van der Waals surface area contributed by atoms with Gasteiger partial charge in [-0.15, -0.1) is 0 Å². The summed E-state index contributed by atoms with van der Waals surface area (Å²) in [6.07, 6.45) is -0.680. The van der Waals surface area contributed by atoms with Crippen LogP contribution in [0.2, 0.25) is 0 Å². The van der Waals surface area contributed by atoms with Crippen molar-refractivity contribution in [2.75, 3.05) is 32.1 Å². The van der Waals surface area contributed by atoms with Crippen LogP contribution < -0.4 is 15.0 Å². The van der Waals surface area contributed by atoms with Crippen LogP contribution in [0.25, 0.3) is 0 Å². The minimum atomic E-state index is -0.680. The minimum absolute atomic E-state index is 0.105. The van der Waals surface area contributed by atoms with E-state index in [4.69, 9.17) is 4.74 Å². The number of ether oxygens (including phenoxy) is 1. The Morgan fingerprint density at radius 2 is 1.93 bits per heavy atom. The lowest BCUT2D eigenvalue weighted by molar-refractivity contribution is -0.130. The van der Waals surface area contributed by atoms with Crippen LogP contribution in [0.1, 0.15) is 5.56 Å². The molecule has 0 saturated carbocycles. The maximum absolute atomic E-state index is 13.0. The quantitative estimate of drug-likeness (QED) is 0.871. The van der Waals surface area contributed by atoms with Crippen LogP contribution in [-0.2, 0) is 16.1 Å². The fraction of sp³-hybridized carbons (Fsp3) is 0.300. The first-order valence-corrected chi connectivity index (χ1v) is 8.68. The summed E-state index contributed by atoms with van der Waals surface area (Å²) in [5.41, 5.74) is 1.62. The molecule has 2 aromatic carbocycles. The molecule has 2 amide bonds. The van der Waals surface area contributed by atoms with Gasteiger partial charge < -0.3 is 19.9 Å². The lowest BCUT2D eigenvalue weighted by Crippen LogP contribution is -2.50. The molecule has 0 saturated heterocycles. The second kappa shape index (κ2) is 8.07. The Bertz CT molecular complexity index is 825. The number of hydrogen-bond donors (Lipinski definition) is 1. The number of nitrogens with one attached hydrogen (secondary N) is 1. The number of fused-ring (bicyclic) bond motifs is 1. The van der Waals surface area contributed by atoms with Crippen molar-refractivity contribution >= 4 is 17.5 Å². The Morgan fingerprint density at radius 1 is 1.22 bits per heavy atom. The van der Waals surface area contributed by atoms with Crippen molar-refractivity contribution in [3.63, 3.8) is 0 Å². The smallest absolute Gasteiger partial charge is 0.262 e. The third kappa shape index (κ3) is 4.36. The van der Waals surface area contributed by atoms with Crippen molar-refractivity contribution in [1.29, 1.82) is 0 Å². The molecule has 0 radical (unpaired) electrons. The van der Waals surface area contributed by atoms with E-state index in [9.17, 15) is 14.0 Å². The number of para-hydroxylation sites is 2. The molecular formula is C20H22FN3O3. The van der Waals surface area contributed by atoms with E-state index in [1.807, 2.05) is 23.1 Å². The van der Waals surface area contributed by atoms with Gasteiger partial charge in [0.15, 0.2) is 6.10 Å². The van der Waals surface area contributed by atoms with Gasteiger partial charge in [-0.25, -0.2) is 4.39 Å². The molecule has 0 aromatic heterocycles. The summed E-state index contributed by atoms with van der Waals surface area (Å²) >= 11 is 0. The molecule has 3 rings (SSSR count). The van der Waals surface area contributed by atoms with Crippen LogP contribution in [0, 0.1) is 5.82 Å². The fourth-order valence-corrected chi connectivity index (χ4v) is 2.99. The maximum Gasteiger partial charge on any atom is 0.262 e.